The Labute approximate surface area is 260 Å². The zero-order chi connectivity index (χ0) is 26.9. The van der Waals surface area contributed by atoms with Gasteiger partial charge >= 0.3 is 217 Å². The maximum atomic E-state index is 2.75. The first kappa shape index (κ1) is 32.6. The molecule has 0 amide bonds. The normalized spacial score (nSPS) is 18.0. The van der Waals surface area contributed by atoms with E-state index in [2.05, 4.69) is 142 Å². The molecule has 2 aliphatic rings. The molecule has 0 fully saturated rings. The molecule has 0 saturated carbocycles. The summed E-state index contributed by atoms with van der Waals surface area (Å²) in [5.41, 5.74) is 14.8. The third-order valence-corrected chi connectivity index (χ3v) is 26.1. The van der Waals surface area contributed by atoms with E-state index in [0.717, 1.165) is 0 Å². The van der Waals surface area contributed by atoms with Crippen LogP contribution in [0.15, 0.2) is 108 Å². The number of fused-ring (bicyclic) bond motifs is 2. The van der Waals surface area contributed by atoms with E-state index in [9.17, 15) is 0 Å². The van der Waals surface area contributed by atoms with Crippen molar-refractivity contribution < 1.29 is 19.4 Å². The van der Waals surface area contributed by atoms with Gasteiger partial charge in [0, 0.05) is 0 Å². The van der Waals surface area contributed by atoms with Gasteiger partial charge in [0.2, 0.25) is 0 Å². The maximum Gasteiger partial charge on any atom is -0.0590 e. The minimum Gasteiger partial charge on any atom is -0.147 e. The molecule has 0 spiro atoms. The number of hydrogen-bond donors (Lipinski definition) is 0. The number of hydrogen-bond acceptors (Lipinski definition) is 0. The molecule has 2 aliphatic carbocycles. The molecule has 4 aromatic carbocycles. The summed E-state index contributed by atoms with van der Waals surface area (Å²) in [7, 11) is 1.31. The van der Waals surface area contributed by atoms with Crippen LogP contribution < -0.4 is 0 Å². The Morgan fingerprint density at radius 2 is 0.925 bits per heavy atom. The van der Waals surface area contributed by atoms with Crippen LogP contribution >= 0.6 is 24.8 Å². The van der Waals surface area contributed by atoms with E-state index in [1.165, 1.54) is 47.2 Å². The Morgan fingerprint density at radius 3 is 1.27 bits per heavy atom. The summed E-state index contributed by atoms with van der Waals surface area (Å²) in [5.74, 6) is 0. The van der Waals surface area contributed by atoms with Gasteiger partial charge in [-0.15, -0.1) is 24.8 Å². The van der Waals surface area contributed by atoms with Crippen LogP contribution in [0.2, 0.25) is 4.63 Å². The van der Waals surface area contributed by atoms with Crippen molar-refractivity contribution in [3.05, 3.63) is 130 Å². The molecular weight excluding hydrogens is 623 g/mol. The van der Waals surface area contributed by atoms with Crippen molar-refractivity contribution in [2.24, 2.45) is 0 Å². The maximum absolute atomic E-state index is 2.75. The zero-order valence-corrected chi connectivity index (χ0v) is 30.7. The van der Waals surface area contributed by atoms with Gasteiger partial charge in [-0.2, -0.15) is 0 Å². The van der Waals surface area contributed by atoms with Crippen molar-refractivity contribution >= 4 is 44.3 Å². The zero-order valence-electron chi connectivity index (χ0n) is 24.6. The summed E-state index contributed by atoms with van der Waals surface area (Å²) in [5, 5.41) is 0. The Balaban J connectivity index is 0.000000846. The van der Waals surface area contributed by atoms with Gasteiger partial charge in [0.25, 0.3) is 0 Å². The Hall–Kier alpha value is -1.96. The summed E-state index contributed by atoms with van der Waals surface area (Å²) >= 11 is -2.67. The molecular formula is C36H42Cl2SiZr. The molecule has 4 aromatic rings. The van der Waals surface area contributed by atoms with Crippen LogP contribution in [0.5, 0.6) is 0 Å². The van der Waals surface area contributed by atoms with Crippen LogP contribution in [0.1, 0.15) is 63.6 Å². The van der Waals surface area contributed by atoms with Crippen LogP contribution in [-0.4, -0.2) is 7.37 Å². The van der Waals surface area contributed by atoms with E-state index < -0.39 is 19.4 Å². The average molecular weight is 665 g/mol. The fourth-order valence-corrected chi connectivity index (χ4v) is 28.2. The molecule has 0 aromatic heterocycles. The van der Waals surface area contributed by atoms with Crippen LogP contribution in [-0.2, 0) is 19.4 Å². The van der Waals surface area contributed by atoms with Crippen molar-refractivity contribution in [1.29, 1.82) is 0 Å². The number of rotatable bonds is 4. The molecule has 208 valence electrons. The van der Waals surface area contributed by atoms with Gasteiger partial charge in [-0.05, 0) is 0 Å². The van der Waals surface area contributed by atoms with Gasteiger partial charge in [-0.3, -0.25) is 0 Å². The van der Waals surface area contributed by atoms with Gasteiger partial charge in [-0.25, -0.2) is 0 Å². The predicted octanol–water partition coefficient (Wildman–Crippen LogP) is 10.4. The number of halogens is 2. The third kappa shape index (κ3) is 5.98. The monoisotopic (exact) mass is 662 g/mol. The molecule has 4 heteroatoms. The van der Waals surface area contributed by atoms with Crippen molar-refractivity contribution in [3.8, 4) is 22.3 Å². The molecule has 2 unspecified atom stereocenters. The van der Waals surface area contributed by atoms with Crippen molar-refractivity contribution in [3.63, 3.8) is 0 Å². The fourth-order valence-electron chi connectivity index (χ4n) is 6.99. The van der Waals surface area contributed by atoms with E-state index >= 15 is 0 Å². The minimum absolute atomic E-state index is 0. The SMILES string of the molecule is CC1=Cc2c(-c3ccccc3)cccc2[CH]1[Zr]([CH3])([SiH3])[CH]1C(C)=Cc2c(-c3ccccc3)cccc21.CCC.Cl.Cl. The van der Waals surface area contributed by atoms with Gasteiger partial charge in [0.15, 0.2) is 0 Å². The second-order valence-corrected chi connectivity index (χ2v) is 36.1. The molecule has 0 N–H and O–H groups in total. The van der Waals surface area contributed by atoms with Crippen LogP contribution in [0.4, 0.5) is 0 Å². The molecule has 0 bridgehead atoms. The van der Waals surface area contributed by atoms with Crippen LogP contribution in [0.3, 0.4) is 0 Å². The molecule has 0 radical (unpaired) electrons. The Morgan fingerprint density at radius 1 is 0.575 bits per heavy atom. The quantitative estimate of drug-likeness (QED) is 0.191. The van der Waals surface area contributed by atoms with E-state index in [1.54, 1.807) is 22.3 Å². The van der Waals surface area contributed by atoms with E-state index in [0.29, 0.717) is 7.25 Å². The topological polar surface area (TPSA) is 0 Å². The average Bonchev–Trinajstić information content (AvgIpc) is 3.46. The van der Waals surface area contributed by atoms with Gasteiger partial charge in [0.05, 0.1) is 0 Å². The smallest absolute Gasteiger partial charge is 0.0590 e. The molecule has 0 nitrogen and oxygen atoms in total. The first-order chi connectivity index (χ1) is 18.4. The van der Waals surface area contributed by atoms with Gasteiger partial charge in [0.1, 0.15) is 0 Å². The number of benzene rings is 4. The van der Waals surface area contributed by atoms with Crippen molar-refractivity contribution in [2.45, 2.75) is 46.0 Å². The minimum atomic E-state index is -2.67. The summed E-state index contributed by atoms with van der Waals surface area (Å²) in [4.78, 5) is 0. The summed E-state index contributed by atoms with van der Waals surface area (Å²) in [6.07, 6.45) is 6.29. The Kier molecular flexibility index (Phi) is 11.2. The Bertz CT molecular complexity index is 1390. The second-order valence-electron chi connectivity index (χ2n) is 11.5. The third-order valence-electron chi connectivity index (χ3n) is 8.21. The van der Waals surface area contributed by atoms with E-state index in [4.69, 9.17) is 0 Å². The van der Waals surface area contributed by atoms with E-state index in [1.807, 2.05) is 0 Å². The summed E-state index contributed by atoms with van der Waals surface area (Å²) in [6.45, 7) is 9.06. The molecule has 0 heterocycles. The van der Waals surface area contributed by atoms with Gasteiger partial charge < -0.3 is 0 Å². The predicted molar refractivity (Wildman–Crippen MR) is 183 cm³/mol. The van der Waals surface area contributed by atoms with E-state index in [-0.39, 0.29) is 24.8 Å². The summed E-state index contributed by atoms with van der Waals surface area (Å²) < 4.78 is 4.04. The van der Waals surface area contributed by atoms with Crippen LogP contribution in [0.25, 0.3) is 34.4 Å². The van der Waals surface area contributed by atoms with Crippen molar-refractivity contribution in [1.82, 2.24) is 0 Å². The van der Waals surface area contributed by atoms with Crippen molar-refractivity contribution in [2.75, 3.05) is 0 Å². The largest absolute Gasteiger partial charge is 0.147 e. The fraction of sp³-hybridized carbons (Fsp3) is 0.222. The molecule has 0 aliphatic heterocycles. The van der Waals surface area contributed by atoms with Gasteiger partial charge in [-0.1, -0.05) is 20.3 Å². The first-order valence-electron chi connectivity index (χ1n) is 14.1. The summed E-state index contributed by atoms with van der Waals surface area (Å²) in [6, 6.07) is 35.9. The molecule has 2 atom stereocenters. The molecule has 40 heavy (non-hydrogen) atoms. The number of allylic oxidation sites excluding steroid dienone is 2. The standard InChI is InChI=1S/2C16H13.C3H8.CH3.2ClH.H3Si.Zr/c2*1-12-10-14-8-5-9-15(16(14)11-12)13-6-3-2-4-7-13;1-3-2;;;;;/h2*2-11H,1H3;3H2,1-2H3;1H3;2*1H;1H3;. The van der Waals surface area contributed by atoms with Crippen LogP contribution in [0, 0.1) is 0 Å². The molecule has 6 rings (SSSR count). The molecule has 0 saturated heterocycles. The first-order valence-corrected chi connectivity index (χ1v) is 27.8. The second kappa shape index (κ2) is 13.8.